The van der Waals surface area contributed by atoms with E-state index in [-0.39, 0.29) is 0 Å². The summed E-state index contributed by atoms with van der Waals surface area (Å²) in [6, 6.07) is 0. The lowest BCUT2D eigenvalue weighted by atomic mass is 10.2. The van der Waals surface area contributed by atoms with Crippen molar-refractivity contribution in [1.82, 2.24) is 9.97 Å². The Labute approximate surface area is 104 Å². The van der Waals surface area contributed by atoms with Crippen LogP contribution in [0.2, 0.25) is 0 Å². The molecule has 2 heterocycles. The highest BCUT2D eigenvalue weighted by Crippen LogP contribution is 2.30. The molecule has 7 heteroatoms. The van der Waals surface area contributed by atoms with Gasteiger partial charge in [0.2, 0.25) is 0 Å². The van der Waals surface area contributed by atoms with Gasteiger partial charge in [-0.1, -0.05) is 12.2 Å². The van der Waals surface area contributed by atoms with Crippen LogP contribution in [0.1, 0.15) is 29.3 Å². The van der Waals surface area contributed by atoms with Crippen LogP contribution in [0.3, 0.4) is 0 Å². The highest BCUT2D eigenvalue weighted by molar-refractivity contribution is 7.98. The van der Waals surface area contributed by atoms with Gasteiger partial charge in [-0.2, -0.15) is 11.8 Å². The zero-order valence-electron chi connectivity index (χ0n) is 8.98. The van der Waals surface area contributed by atoms with Crippen molar-refractivity contribution >= 4 is 33.8 Å². The predicted molar refractivity (Wildman–Crippen MR) is 67.7 cm³/mol. The molecule has 0 aliphatic carbocycles. The van der Waals surface area contributed by atoms with E-state index < -0.39 is 15.1 Å². The van der Waals surface area contributed by atoms with Gasteiger partial charge in [0, 0.05) is 29.0 Å². The van der Waals surface area contributed by atoms with Crippen molar-refractivity contribution in [3.05, 3.63) is 21.7 Å². The summed E-state index contributed by atoms with van der Waals surface area (Å²) in [5, 5.41) is -0.634. The zero-order valence-corrected chi connectivity index (χ0v) is 11.4. The fraction of sp³-hybridized carbons (Fsp3) is 0.556. The van der Waals surface area contributed by atoms with Gasteiger partial charge in [0.25, 0.3) is 0 Å². The van der Waals surface area contributed by atoms with E-state index in [1.165, 1.54) is 6.26 Å². The Morgan fingerprint density at radius 1 is 1.50 bits per heavy atom. The summed E-state index contributed by atoms with van der Waals surface area (Å²) in [4.78, 5) is 7.27. The van der Waals surface area contributed by atoms with Crippen LogP contribution in [0.25, 0.3) is 0 Å². The Morgan fingerprint density at radius 3 is 2.81 bits per heavy atom. The van der Waals surface area contributed by atoms with Gasteiger partial charge in [0.15, 0.2) is 9.84 Å². The first-order valence-electron chi connectivity index (χ1n) is 4.78. The Balaban J connectivity index is 2.53. The van der Waals surface area contributed by atoms with Crippen LogP contribution in [0.15, 0.2) is 0 Å². The Kier molecular flexibility index (Phi) is 3.11. The van der Waals surface area contributed by atoms with E-state index in [0.717, 1.165) is 22.8 Å². The SMILES string of the molecule is CC(c1nc(=S)c2c([nH]1)CSC2)S(C)(=O)=O. The summed E-state index contributed by atoms with van der Waals surface area (Å²) >= 11 is 6.93. The maximum Gasteiger partial charge on any atom is 0.157 e. The molecule has 0 aromatic carbocycles. The standard InChI is InChI=1S/C9H12N2O2S3/c1-5(16(2,12)13)8-10-7-4-15-3-6(7)9(14)11-8/h5H,3-4H2,1-2H3,(H,10,11,14). The molecule has 16 heavy (non-hydrogen) atoms. The average Bonchev–Trinajstić information content (AvgIpc) is 2.63. The first kappa shape index (κ1) is 12.1. The lowest BCUT2D eigenvalue weighted by Crippen LogP contribution is -2.13. The fourth-order valence-electron chi connectivity index (χ4n) is 1.49. The monoisotopic (exact) mass is 276 g/mol. The van der Waals surface area contributed by atoms with Crippen LogP contribution < -0.4 is 0 Å². The van der Waals surface area contributed by atoms with Gasteiger partial charge in [-0.25, -0.2) is 13.4 Å². The molecule has 0 spiro atoms. The molecule has 0 fully saturated rings. The second kappa shape index (κ2) is 4.12. The number of sulfone groups is 1. The van der Waals surface area contributed by atoms with Crippen molar-refractivity contribution in [1.29, 1.82) is 0 Å². The smallest absolute Gasteiger partial charge is 0.157 e. The average molecular weight is 276 g/mol. The highest BCUT2D eigenvalue weighted by atomic mass is 32.2. The molecule has 1 aliphatic heterocycles. The van der Waals surface area contributed by atoms with Crippen molar-refractivity contribution in [3.8, 4) is 0 Å². The summed E-state index contributed by atoms with van der Waals surface area (Å²) < 4.78 is 23.4. The lowest BCUT2D eigenvalue weighted by Gasteiger charge is -2.10. The molecule has 0 saturated carbocycles. The number of thioether (sulfide) groups is 1. The van der Waals surface area contributed by atoms with Crippen LogP contribution in [-0.2, 0) is 21.3 Å². The molecule has 1 N–H and O–H groups in total. The number of nitrogens with one attached hydrogen (secondary N) is 1. The summed E-state index contributed by atoms with van der Waals surface area (Å²) in [5.41, 5.74) is 2.07. The first-order valence-corrected chi connectivity index (χ1v) is 8.30. The van der Waals surface area contributed by atoms with E-state index in [0.29, 0.717) is 10.5 Å². The molecule has 1 atom stereocenters. The van der Waals surface area contributed by atoms with Gasteiger partial charge in [0.05, 0.1) is 0 Å². The van der Waals surface area contributed by atoms with Gasteiger partial charge in [-0.05, 0) is 6.92 Å². The van der Waals surface area contributed by atoms with Crippen molar-refractivity contribution in [2.24, 2.45) is 0 Å². The molecule has 1 aliphatic rings. The third-order valence-corrected chi connectivity index (χ3v) is 5.47. The van der Waals surface area contributed by atoms with Crippen molar-refractivity contribution < 1.29 is 8.42 Å². The van der Waals surface area contributed by atoms with Crippen LogP contribution in [0.5, 0.6) is 0 Å². The molecule has 2 rings (SSSR count). The summed E-state index contributed by atoms with van der Waals surface area (Å²) in [5.74, 6) is 2.17. The Hall–Kier alpha value is -0.400. The fourth-order valence-corrected chi connectivity index (χ4v) is 3.46. The number of hydrogen-bond donors (Lipinski definition) is 1. The topological polar surface area (TPSA) is 62.8 Å². The highest BCUT2D eigenvalue weighted by Gasteiger charge is 2.22. The Morgan fingerprint density at radius 2 is 2.19 bits per heavy atom. The van der Waals surface area contributed by atoms with Crippen molar-refractivity contribution in [2.45, 2.75) is 23.7 Å². The van der Waals surface area contributed by atoms with E-state index in [1.54, 1.807) is 18.7 Å². The van der Waals surface area contributed by atoms with Gasteiger partial charge >= 0.3 is 0 Å². The summed E-state index contributed by atoms with van der Waals surface area (Å²) in [6.07, 6.45) is 1.21. The first-order chi connectivity index (χ1) is 7.39. The Bertz CT molecular complexity index is 577. The molecular formula is C9H12N2O2S3. The molecule has 0 saturated heterocycles. The third kappa shape index (κ3) is 2.16. The number of fused-ring (bicyclic) bond motifs is 1. The van der Waals surface area contributed by atoms with Gasteiger partial charge in [-0.15, -0.1) is 0 Å². The summed E-state index contributed by atoms with van der Waals surface area (Å²) in [7, 11) is -3.14. The summed E-state index contributed by atoms with van der Waals surface area (Å²) in [6.45, 7) is 1.62. The minimum Gasteiger partial charge on any atom is -0.345 e. The van der Waals surface area contributed by atoms with Gasteiger partial charge in [0.1, 0.15) is 15.7 Å². The van der Waals surface area contributed by atoms with E-state index in [2.05, 4.69) is 9.97 Å². The zero-order chi connectivity index (χ0) is 11.9. The normalized spacial score (nSPS) is 17.1. The molecule has 0 amide bonds. The van der Waals surface area contributed by atoms with E-state index in [1.807, 2.05) is 0 Å². The second-order valence-electron chi connectivity index (χ2n) is 3.85. The maximum atomic E-state index is 11.4. The van der Waals surface area contributed by atoms with Crippen molar-refractivity contribution in [3.63, 3.8) is 0 Å². The molecule has 0 radical (unpaired) electrons. The number of aromatic amines is 1. The van der Waals surface area contributed by atoms with E-state index in [4.69, 9.17) is 12.2 Å². The number of hydrogen-bond acceptors (Lipinski definition) is 5. The number of rotatable bonds is 2. The minimum absolute atomic E-state index is 0.453. The number of H-pyrrole nitrogens is 1. The molecule has 0 bridgehead atoms. The quantitative estimate of drug-likeness (QED) is 0.837. The molecule has 1 unspecified atom stereocenters. The van der Waals surface area contributed by atoms with E-state index >= 15 is 0 Å². The number of nitrogens with zero attached hydrogens (tertiary/aromatic N) is 1. The largest absolute Gasteiger partial charge is 0.345 e. The molecule has 4 nitrogen and oxygen atoms in total. The number of aromatic nitrogens is 2. The second-order valence-corrected chi connectivity index (χ2v) is 7.59. The third-order valence-electron chi connectivity index (χ3n) is 2.64. The molecular weight excluding hydrogens is 264 g/mol. The van der Waals surface area contributed by atoms with Crippen LogP contribution in [0, 0.1) is 4.64 Å². The molecule has 1 aromatic heterocycles. The molecule has 1 aromatic rings. The van der Waals surface area contributed by atoms with Crippen molar-refractivity contribution in [2.75, 3.05) is 6.26 Å². The predicted octanol–water partition coefficient (Wildman–Crippen LogP) is 1.99. The maximum absolute atomic E-state index is 11.4. The molecule has 88 valence electrons. The van der Waals surface area contributed by atoms with Gasteiger partial charge < -0.3 is 4.98 Å². The van der Waals surface area contributed by atoms with Crippen LogP contribution >= 0.6 is 24.0 Å². The van der Waals surface area contributed by atoms with Crippen LogP contribution in [0.4, 0.5) is 0 Å². The van der Waals surface area contributed by atoms with E-state index in [9.17, 15) is 8.42 Å². The lowest BCUT2D eigenvalue weighted by molar-refractivity contribution is 0.588. The van der Waals surface area contributed by atoms with Gasteiger partial charge in [-0.3, -0.25) is 0 Å². The minimum atomic E-state index is -3.14. The van der Waals surface area contributed by atoms with Crippen LogP contribution in [-0.4, -0.2) is 24.6 Å².